The van der Waals surface area contributed by atoms with Crippen molar-refractivity contribution < 1.29 is 24.6 Å². The number of carboxylic acids is 2. The molecule has 0 aromatic heterocycles. The average Bonchev–Trinajstić information content (AvgIpc) is 2.52. The molecule has 1 heterocycles. The fraction of sp³-hybridized carbons (Fsp3) is 0.438. The number of nitrogens with zero attached hydrogens (tertiary/aromatic N) is 2. The summed E-state index contributed by atoms with van der Waals surface area (Å²) in [4.78, 5) is 34.6. The maximum atomic E-state index is 11.9. The topological polar surface area (TPSA) is 110 Å². The second-order valence-corrected chi connectivity index (χ2v) is 5.55. The first-order valence-corrected chi connectivity index (χ1v) is 7.52. The molecule has 8 nitrogen and oxygen atoms in total. The number of likely N-dealkylation sites (N-methyl/N-ethyl adjacent to an activating group) is 1. The molecule has 1 fully saturated rings. The number of hydrogen-bond donors (Lipinski definition) is 3. The highest BCUT2D eigenvalue weighted by molar-refractivity contribution is 6.27. The van der Waals surface area contributed by atoms with Crippen LogP contribution in [-0.2, 0) is 14.4 Å². The second kappa shape index (κ2) is 9.64. The van der Waals surface area contributed by atoms with E-state index in [1.807, 2.05) is 31.2 Å². The first-order chi connectivity index (χ1) is 11.3. The predicted octanol–water partition coefficient (Wildman–Crippen LogP) is 0.337. The van der Waals surface area contributed by atoms with Crippen LogP contribution in [-0.4, -0.2) is 77.6 Å². The molecule has 132 valence electrons. The van der Waals surface area contributed by atoms with Crippen LogP contribution in [0, 0.1) is 6.92 Å². The number of benzene rings is 1. The average molecular weight is 337 g/mol. The summed E-state index contributed by atoms with van der Waals surface area (Å²) in [5.74, 6) is -3.57. The molecular weight excluding hydrogens is 314 g/mol. The molecule has 0 atom stereocenters. The van der Waals surface area contributed by atoms with Crippen molar-refractivity contribution in [2.24, 2.45) is 0 Å². The van der Waals surface area contributed by atoms with Crippen LogP contribution in [0.1, 0.15) is 5.56 Å². The van der Waals surface area contributed by atoms with Gasteiger partial charge in [-0.05, 0) is 25.6 Å². The maximum Gasteiger partial charge on any atom is 0.414 e. The van der Waals surface area contributed by atoms with Gasteiger partial charge in [0.1, 0.15) is 0 Å². The Kier molecular flexibility index (Phi) is 7.87. The highest BCUT2D eigenvalue weighted by atomic mass is 16.4. The van der Waals surface area contributed by atoms with E-state index in [0.29, 0.717) is 6.54 Å². The molecule has 0 spiro atoms. The van der Waals surface area contributed by atoms with Gasteiger partial charge in [0.2, 0.25) is 5.91 Å². The van der Waals surface area contributed by atoms with Gasteiger partial charge >= 0.3 is 11.9 Å². The third kappa shape index (κ3) is 7.21. The molecule has 1 saturated heterocycles. The number of amides is 1. The van der Waals surface area contributed by atoms with E-state index in [1.54, 1.807) is 0 Å². The summed E-state index contributed by atoms with van der Waals surface area (Å²) < 4.78 is 0. The fourth-order valence-electron chi connectivity index (χ4n) is 2.11. The summed E-state index contributed by atoms with van der Waals surface area (Å²) >= 11 is 0. The lowest BCUT2D eigenvalue weighted by molar-refractivity contribution is -0.159. The highest BCUT2D eigenvalue weighted by Gasteiger charge is 2.16. The number of carboxylic acid groups (broad SMARTS) is 2. The molecule has 0 saturated carbocycles. The molecule has 0 unspecified atom stereocenters. The monoisotopic (exact) mass is 337 g/mol. The third-order valence-electron chi connectivity index (χ3n) is 3.57. The summed E-state index contributed by atoms with van der Waals surface area (Å²) in [7, 11) is 2.12. The van der Waals surface area contributed by atoms with Crippen molar-refractivity contribution in [3.8, 4) is 0 Å². The van der Waals surface area contributed by atoms with Crippen LogP contribution in [0.15, 0.2) is 24.3 Å². The molecule has 3 N–H and O–H groups in total. The molecule has 1 aromatic carbocycles. The summed E-state index contributed by atoms with van der Waals surface area (Å²) in [6, 6.07) is 7.87. The van der Waals surface area contributed by atoms with Gasteiger partial charge in [-0.1, -0.05) is 18.2 Å². The second-order valence-electron chi connectivity index (χ2n) is 5.55. The van der Waals surface area contributed by atoms with Gasteiger partial charge in [0.15, 0.2) is 0 Å². The van der Waals surface area contributed by atoms with Crippen molar-refractivity contribution in [3.05, 3.63) is 29.8 Å². The standard InChI is InChI=1S/C14H21N3O.C2H2O4/c1-12-5-3-4-6-13(12)15-14(18)11-17-9-7-16(2)8-10-17;3-1(4)2(5)6/h3-6H,7-11H2,1-2H3,(H,15,18);(H,3,4)(H,5,6). The van der Waals surface area contributed by atoms with Crippen molar-refractivity contribution in [1.82, 2.24) is 9.80 Å². The van der Waals surface area contributed by atoms with Crippen molar-refractivity contribution >= 4 is 23.5 Å². The zero-order valence-electron chi connectivity index (χ0n) is 13.9. The molecule has 1 aliphatic heterocycles. The Morgan fingerprint density at radius 3 is 2.08 bits per heavy atom. The first-order valence-electron chi connectivity index (χ1n) is 7.52. The third-order valence-corrected chi connectivity index (χ3v) is 3.57. The van der Waals surface area contributed by atoms with Gasteiger partial charge in [0.25, 0.3) is 0 Å². The van der Waals surface area contributed by atoms with Crippen LogP contribution in [0.3, 0.4) is 0 Å². The number of rotatable bonds is 3. The molecule has 1 aromatic rings. The fourth-order valence-corrected chi connectivity index (χ4v) is 2.11. The van der Waals surface area contributed by atoms with Gasteiger partial charge < -0.3 is 20.4 Å². The number of aryl methyl sites for hydroxylation is 1. The zero-order chi connectivity index (χ0) is 18.1. The maximum absolute atomic E-state index is 11.9. The number of carbonyl (C=O) groups is 3. The minimum absolute atomic E-state index is 0.0776. The van der Waals surface area contributed by atoms with E-state index in [4.69, 9.17) is 19.8 Å². The Morgan fingerprint density at radius 2 is 1.58 bits per heavy atom. The Balaban J connectivity index is 0.000000413. The lowest BCUT2D eigenvalue weighted by atomic mass is 10.2. The van der Waals surface area contributed by atoms with E-state index >= 15 is 0 Å². The van der Waals surface area contributed by atoms with Crippen molar-refractivity contribution in [1.29, 1.82) is 0 Å². The Morgan fingerprint density at radius 1 is 1.04 bits per heavy atom. The van der Waals surface area contributed by atoms with E-state index < -0.39 is 11.9 Å². The van der Waals surface area contributed by atoms with Crippen molar-refractivity contribution in [3.63, 3.8) is 0 Å². The van der Waals surface area contributed by atoms with Crippen LogP contribution in [0.5, 0.6) is 0 Å². The van der Waals surface area contributed by atoms with Crippen LogP contribution in [0.25, 0.3) is 0 Å². The summed E-state index contributed by atoms with van der Waals surface area (Å²) in [5.41, 5.74) is 2.01. The van der Waals surface area contributed by atoms with Crippen LogP contribution in [0.4, 0.5) is 5.69 Å². The molecule has 1 aliphatic rings. The first kappa shape index (κ1) is 19.6. The van der Waals surface area contributed by atoms with Gasteiger partial charge in [-0.15, -0.1) is 0 Å². The van der Waals surface area contributed by atoms with E-state index in [9.17, 15) is 4.79 Å². The molecule has 0 aliphatic carbocycles. The number of nitrogens with one attached hydrogen (secondary N) is 1. The summed E-state index contributed by atoms with van der Waals surface area (Å²) in [5, 5.41) is 17.8. The molecule has 24 heavy (non-hydrogen) atoms. The van der Waals surface area contributed by atoms with Crippen molar-refractivity contribution in [2.75, 3.05) is 45.1 Å². The van der Waals surface area contributed by atoms with Gasteiger partial charge in [0, 0.05) is 31.9 Å². The van der Waals surface area contributed by atoms with Crippen LogP contribution < -0.4 is 5.32 Å². The van der Waals surface area contributed by atoms with Gasteiger partial charge in [-0.25, -0.2) is 9.59 Å². The molecular formula is C16H23N3O5. The van der Waals surface area contributed by atoms with Crippen LogP contribution >= 0.6 is 0 Å². The van der Waals surface area contributed by atoms with Gasteiger partial charge in [-0.3, -0.25) is 9.69 Å². The van der Waals surface area contributed by atoms with Crippen molar-refractivity contribution in [2.45, 2.75) is 6.92 Å². The number of aliphatic carboxylic acids is 2. The minimum atomic E-state index is -1.82. The SMILES string of the molecule is Cc1ccccc1NC(=O)CN1CCN(C)CC1.O=C(O)C(=O)O. The Bertz CT molecular complexity index is 571. The lowest BCUT2D eigenvalue weighted by Gasteiger charge is -2.31. The normalized spacial score (nSPS) is 15.1. The minimum Gasteiger partial charge on any atom is -0.473 e. The van der Waals surface area contributed by atoms with Gasteiger partial charge in [0.05, 0.1) is 6.54 Å². The molecule has 1 amide bonds. The molecule has 8 heteroatoms. The molecule has 2 rings (SSSR count). The van der Waals surface area contributed by atoms with E-state index in [2.05, 4.69) is 22.2 Å². The summed E-state index contributed by atoms with van der Waals surface area (Å²) in [6.45, 7) is 6.51. The van der Waals surface area contributed by atoms with Gasteiger partial charge in [-0.2, -0.15) is 0 Å². The highest BCUT2D eigenvalue weighted by Crippen LogP contribution is 2.13. The number of anilines is 1. The largest absolute Gasteiger partial charge is 0.473 e. The Hall–Kier alpha value is -2.45. The van der Waals surface area contributed by atoms with E-state index in [1.165, 1.54) is 0 Å². The Labute approximate surface area is 140 Å². The van der Waals surface area contributed by atoms with Crippen LogP contribution in [0.2, 0.25) is 0 Å². The summed E-state index contributed by atoms with van der Waals surface area (Å²) in [6.07, 6.45) is 0. The number of carbonyl (C=O) groups excluding carboxylic acids is 1. The lowest BCUT2D eigenvalue weighted by Crippen LogP contribution is -2.47. The number of hydrogen-bond acceptors (Lipinski definition) is 5. The van der Waals surface area contributed by atoms with E-state index in [0.717, 1.165) is 37.4 Å². The molecule has 0 bridgehead atoms. The molecule has 0 radical (unpaired) electrons. The predicted molar refractivity (Wildman–Crippen MR) is 89.0 cm³/mol. The number of piperazine rings is 1. The number of para-hydroxylation sites is 1. The smallest absolute Gasteiger partial charge is 0.414 e. The quantitative estimate of drug-likeness (QED) is 0.682. The zero-order valence-corrected chi connectivity index (χ0v) is 13.9. The van der Waals surface area contributed by atoms with E-state index in [-0.39, 0.29) is 5.91 Å².